The second-order valence-corrected chi connectivity index (χ2v) is 6.68. The summed E-state index contributed by atoms with van der Waals surface area (Å²) in [4.78, 5) is 18.8. The molecule has 1 atom stereocenters. The molecule has 1 fully saturated rings. The summed E-state index contributed by atoms with van der Waals surface area (Å²) in [5.74, 6) is 2.30. The molecule has 0 aliphatic carbocycles. The van der Waals surface area contributed by atoms with Crippen molar-refractivity contribution < 1.29 is 9.47 Å². The highest BCUT2D eigenvalue weighted by atomic mass is 16.5. The third-order valence-electron chi connectivity index (χ3n) is 4.79. The van der Waals surface area contributed by atoms with E-state index in [2.05, 4.69) is 24.8 Å². The molecule has 1 aromatic carbocycles. The van der Waals surface area contributed by atoms with E-state index >= 15 is 0 Å². The number of H-pyrrole nitrogens is 1. The smallest absolute Gasteiger partial charge is 0.241 e. The molecule has 1 N–H and O–H groups in total. The maximum absolute atomic E-state index is 6.06. The van der Waals surface area contributed by atoms with Crippen LogP contribution in [0.15, 0.2) is 49.2 Å². The zero-order valence-corrected chi connectivity index (χ0v) is 15.3. The third kappa shape index (κ3) is 4.25. The van der Waals surface area contributed by atoms with Gasteiger partial charge >= 0.3 is 0 Å². The van der Waals surface area contributed by atoms with Gasteiger partial charge in [0.05, 0.1) is 13.4 Å². The quantitative estimate of drug-likeness (QED) is 0.722. The summed E-state index contributed by atoms with van der Waals surface area (Å²) >= 11 is 0. The highest BCUT2D eigenvalue weighted by Gasteiger charge is 2.26. The van der Waals surface area contributed by atoms with Gasteiger partial charge in [-0.1, -0.05) is 6.07 Å². The lowest BCUT2D eigenvalue weighted by Crippen LogP contribution is -2.34. The minimum Gasteiger partial charge on any atom is -0.497 e. The standard InChI is InChI=1S/C20H23N5O2/c1-26-17-5-2-6-18(10-17)27-20-19(22-7-8-23-20)15-4-3-9-25(12-15)13-16-11-21-14-24-16/h2,5-8,10-11,14-15H,3-4,9,12-13H2,1H3,(H,21,24)/t15-/m1/s1. The molecule has 1 aliphatic heterocycles. The third-order valence-corrected chi connectivity index (χ3v) is 4.79. The Hall–Kier alpha value is -2.93. The normalized spacial score (nSPS) is 17.6. The molecule has 3 heterocycles. The van der Waals surface area contributed by atoms with Crippen LogP contribution >= 0.6 is 0 Å². The van der Waals surface area contributed by atoms with Crippen molar-refractivity contribution in [1.82, 2.24) is 24.8 Å². The maximum Gasteiger partial charge on any atom is 0.241 e. The largest absolute Gasteiger partial charge is 0.497 e. The van der Waals surface area contributed by atoms with E-state index < -0.39 is 0 Å². The van der Waals surface area contributed by atoms with Gasteiger partial charge in [0, 0.05) is 49.4 Å². The van der Waals surface area contributed by atoms with Crippen molar-refractivity contribution in [2.24, 2.45) is 0 Å². The first kappa shape index (κ1) is 17.5. The fourth-order valence-electron chi connectivity index (χ4n) is 3.51. The van der Waals surface area contributed by atoms with Gasteiger partial charge in [-0.25, -0.2) is 9.97 Å². The Morgan fingerprint density at radius 1 is 1.22 bits per heavy atom. The van der Waals surface area contributed by atoms with Gasteiger partial charge in [-0.05, 0) is 31.5 Å². The van der Waals surface area contributed by atoms with Gasteiger partial charge in [-0.3, -0.25) is 9.88 Å². The number of imidazole rings is 1. The van der Waals surface area contributed by atoms with Crippen LogP contribution in [0.25, 0.3) is 0 Å². The lowest BCUT2D eigenvalue weighted by atomic mass is 9.94. The van der Waals surface area contributed by atoms with Crippen LogP contribution in [0.1, 0.15) is 30.1 Å². The highest BCUT2D eigenvalue weighted by Crippen LogP contribution is 2.33. The molecule has 0 unspecified atom stereocenters. The Kier molecular flexibility index (Phi) is 5.29. The monoisotopic (exact) mass is 365 g/mol. The molecule has 0 spiro atoms. The van der Waals surface area contributed by atoms with Gasteiger partial charge < -0.3 is 14.5 Å². The van der Waals surface area contributed by atoms with Crippen LogP contribution in [0.3, 0.4) is 0 Å². The minimum atomic E-state index is 0.288. The topological polar surface area (TPSA) is 76.2 Å². The fourth-order valence-corrected chi connectivity index (χ4v) is 3.51. The number of hydrogen-bond donors (Lipinski definition) is 1. The predicted octanol–water partition coefficient (Wildman–Crippen LogP) is 3.38. The van der Waals surface area contributed by atoms with Crippen LogP contribution in [0, 0.1) is 0 Å². The van der Waals surface area contributed by atoms with E-state index in [-0.39, 0.29) is 5.92 Å². The van der Waals surface area contributed by atoms with E-state index in [1.807, 2.05) is 30.5 Å². The van der Waals surface area contributed by atoms with Gasteiger partial charge in [0.25, 0.3) is 0 Å². The van der Waals surface area contributed by atoms with Crippen molar-refractivity contribution in [3.8, 4) is 17.4 Å². The molecule has 0 bridgehead atoms. The zero-order valence-electron chi connectivity index (χ0n) is 15.3. The molecule has 7 heteroatoms. The number of benzene rings is 1. The number of aromatic amines is 1. The van der Waals surface area contributed by atoms with E-state index in [9.17, 15) is 0 Å². The minimum absolute atomic E-state index is 0.288. The molecule has 2 aromatic heterocycles. The molecule has 1 aliphatic rings. The number of piperidine rings is 1. The number of hydrogen-bond acceptors (Lipinski definition) is 6. The first-order chi connectivity index (χ1) is 13.3. The SMILES string of the molecule is COc1cccc(Oc2nccnc2[C@@H]2CCCN(Cc3cnc[nH]3)C2)c1. The van der Waals surface area contributed by atoms with Crippen LogP contribution in [0.4, 0.5) is 0 Å². The number of ether oxygens (including phenoxy) is 2. The van der Waals surface area contributed by atoms with Crippen molar-refractivity contribution >= 4 is 0 Å². The molecule has 0 amide bonds. The molecule has 27 heavy (non-hydrogen) atoms. The Labute approximate surface area is 158 Å². The van der Waals surface area contributed by atoms with Crippen molar-refractivity contribution in [2.45, 2.75) is 25.3 Å². The van der Waals surface area contributed by atoms with Crippen LogP contribution in [0.5, 0.6) is 17.4 Å². The average Bonchev–Trinajstić information content (AvgIpc) is 3.22. The number of rotatable bonds is 6. The summed E-state index contributed by atoms with van der Waals surface area (Å²) in [5, 5.41) is 0. The summed E-state index contributed by atoms with van der Waals surface area (Å²) in [5.41, 5.74) is 2.04. The highest BCUT2D eigenvalue weighted by molar-refractivity contribution is 5.36. The van der Waals surface area contributed by atoms with Crippen LogP contribution < -0.4 is 9.47 Å². The van der Waals surface area contributed by atoms with E-state index in [0.29, 0.717) is 11.6 Å². The lowest BCUT2D eigenvalue weighted by Gasteiger charge is -2.32. The van der Waals surface area contributed by atoms with E-state index in [4.69, 9.17) is 9.47 Å². The number of likely N-dealkylation sites (tertiary alicyclic amines) is 1. The molecule has 140 valence electrons. The van der Waals surface area contributed by atoms with Crippen molar-refractivity contribution in [3.63, 3.8) is 0 Å². The van der Waals surface area contributed by atoms with Gasteiger partial charge in [0.15, 0.2) is 0 Å². The fraction of sp³-hybridized carbons (Fsp3) is 0.350. The summed E-state index contributed by atoms with van der Waals surface area (Å²) in [6.07, 6.45) is 9.20. The van der Waals surface area contributed by atoms with E-state index in [0.717, 1.165) is 49.6 Å². The predicted molar refractivity (Wildman–Crippen MR) is 101 cm³/mol. The molecule has 1 saturated heterocycles. The van der Waals surface area contributed by atoms with Crippen molar-refractivity contribution in [2.75, 3.05) is 20.2 Å². The van der Waals surface area contributed by atoms with Crippen molar-refractivity contribution in [1.29, 1.82) is 0 Å². The number of aromatic nitrogens is 4. The Morgan fingerprint density at radius 3 is 2.96 bits per heavy atom. The summed E-state index contributed by atoms with van der Waals surface area (Å²) in [6.45, 7) is 2.86. The second-order valence-electron chi connectivity index (χ2n) is 6.68. The van der Waals surface area contributed by atoms with Gasteiger partial charge in [-0.2, -0.15) is 0 Å². The first-order valence-electron chi connectivity index (χ1n) is 9.14. The molecule has 3 aromatic rings. The average molecular weight is 365 g/mol. The maximum atomic E-state index is 6.06. The van der Waals surface area contributed by atoms with Gasteiger partial charge in [0.2, 0.25) is 5.88 Å². The Bertz CT molecular complexity index is 868. The molecular formula is C20H23N5O2. The van der Waals surface area contributed by atoms with Crippen LogP contribution in [-0.2, 0) is 6.54 Å². The van der Waals surface area contributed by atoms with Gasteiger partial charge in [0.1, 0.15) is 17.2 Å². The molecular weight excluding hydrogens is 342 g/mol. The van der Waals surface area contributed by atoms with Crippen LogP contribution in [-0.4, -0.2) is 45.0 Å². The molecule has 4 rings (SSSR count). The number of nitrogens with zero attached hydrogens (tertiary/aromatic N) is 4. The molecule has 0 radical (unpaired) electrons. The first-order valence-corrected chi connectivity index (χ1v) is 9.14. The Morgan fingerprint density at radius 2 is 2.11 bits per heavy atom. The Balaban J connectivity index is 1.51. The number of nitrogens with one attached hydrogen (secondary N) is 1. The summed E-state index contributed by atoms with van der Waals surface area (Å²) in [6, 6.07) is 7.53. The number of methoxy groups -OCH3 is 1. The second kappa shape index (κ2) is 8.18. The van der Waals surface area contributed by atoms with E-state index in [1.54, 1.807) is 25.8 Å². The van der Waals surface area contributed by atoms with Crippen molar-refractivity contribution in [3.05, 3.63) is 60.6 Å². The summed E-state index contributed by atoms with van der Waals surface area (Å²) in [7, 11) is 1.64. The molecule has 0 saturated carbocycles. The van der Waals surface area contributed by atoms with Gasteiger partial charge in [-0.15, -0.1) is 0 Å². The zero-order chi connectivity index (χ0) is 18.5. The van der Waals surface area contributed by atoms with Crippen LogP contribution in [0.2, 0.25) is 0 Å². The van der Waals surface area contributed by atoms with E-state index in [1.165, 1.54) is 0 Å². The lowest BCUT2D eigenvalue weighted by molar-refractivity contribution is 0.195. The molecule has 7 nitrogen and oxygen atoms in total. The summed E-state index contributed by atoms with van der Waals surface area (Å²) < 4.78 is 11.3.